The summed E-state index contributed by atoms with van der Waals surface area (Å²) in [6.07, 6.45) is 0. The standard InChI is InChI=1S/4C2H5NO2.2Al.3H2O/c4*3-1-2(4)5;;;;;/h4*1,3H2,(H,4,5);;;3*1H2/q;;;;2*+3;;;/p-6. The molecule has 0 aromatic carbocycles. The van der Waals surface area contributed by atoms with E-state index in [2.05, 4.69) is 22.9 Å². The molecule has 0 unspecified atom stereocenters. The number of rotatable bonds is 4. The van der Waals surface area contributed by atoms with E-state index in [1.165, 1.54) is 0 Å². The van der Waals surface area contributed by atoms with Gasteiger partial charge in [-0.25, -0.2) is 0 Å². The molecular formula is C8H20Al2N4O11. The Morgan fingerprint density at radius 2 is 0.680 bits per heavy atom. The normalized spacial score (nSPS) is 6.32. The maximum atomic E-state index is 9.13. The SMILES string of the molecule is NCC(=O)[O-].NCC(=O)[O-].NCC(=O)[O-].NCC(=O)[O-].O.[Al+3].[OH][Al+][OH]. The number of carboxylic acids is 4. The van der Waals surface area contributed by atoms with Gasteiger partial charge in [0.1, 0.15) is 0 Å². The fourth-order valence-corrected chi connectivity index (χ4v) is 0. The van der Waals surface area contributed by atoms with Crippen molar-refractivity contribution in [1.29, 1.82) is 0 Å². The van der Waals surface area contributed by atoms with Gasteiger partial charge in [-0.15, -0.1) is 0 Å². The predicted octanol–water partition coefficient (Wildman–Crippen LogP) is -11.9. The Kier molecular flexibility index (Phi) is 75.9. The van der Waals surface area contributed by atoms with Gasteiger partial charge < -0.3 is 68.0 Å². The molecule has 0 radical (unpaired) electrons. The van der Waals surface area contributed by atoms with Gasteiger partial charge in [0.25, 0.3) is 0 Å². The number of carbonyl (C=O) groups excluding carboxylic acids is 4. The summed E-state index contributed by atoms with van der Waals surface area (Å²) in [5, 5.41) is 36.5. The van der Waals surface area contributed by atoms with Gasteiger partial charge in [0.2, 0.25) is 0 Å². The van der Waals surface area contributed by atoms with Gasteiger partial charge in [0, 0.05) is 26.2 Å². The number of hydrogen-bond acceptors (Lipinski definition) is 14. The molecule has 0 aliphatic heterocycles. The minimum absolute atomic E-state index is 0. The molecule has 17 heteroatoms. The molecule has 0 spiro atoms. The van der Waals surface area contributed by atoms with Gasteiger partial charge in [-0.2, -0.15) is 0 Å². The number of aliphatic carboxylic acids is 4. The molecule has 25 heavy (non-hydrogen) atoms. The molecule has 0 fully saturated rings. The fourth-order valence-electron chi connectivity index (χ4n) is 0. The van der Waals surface area contributed by atoms with Gasteiger partial charge in [-0.05, 0) is 0 Å². The Bertz CT molecular complexity index is 254. The van der Waals surface area contributed by atoms with E-state index in [4.69, 9.17) is 47.9 Å². The van der Waals surface area contributed by atoms with Crippen molar-refractivity contribution in [2.45, 2.75) is 0 Å². The van der Waals surface area contributed by atoms with Crippen molar-refractivity contribution in [3.8, 4) is 0 Å². The van der Waals surface area contributed by atoms with Crippen molar-refractivity contribution in [1.82, 2.24) is 0 Å². The molecule has 0 saturated heterocycles. The third-order valence-electron chi connectivity index (χ3n) is 0.667. The topological polar surface area (TPSA) is 337 Å². The molecule has 0 aromatic rings. The fraction of sp³-hybridized carbons (Fsp3) is 0.500. The van der Waals surface area contributed by atoms with Crippen molar-refractivity contribution in [2.75, 3.05) is 26.2 Å². The third-order valence-corrected chi connectivity index (χ3v) is 0.667. The first-order valence-corrected chi connectivity index (χ1v) is 6.23. The van der Waals surface area contributed by atoms with Crippen LogP contribution in [0.15, 0.2) is 0 Å². The van der Waals surface area contributed by atoms with Crippen molar-refractivity contribution < 1.29 is 53.4 Å². The zero-order chi connectivity index (χ0) is 19.8. The molecule has 0 aromatic heterocycles. The van der Waals surface area contributed by atoms with Crippen LogP contribution in [0.2, 0.25) is 0 Å². The quantitative estimate of drug-likeness (QED) is 0.238. The molecule has 144 valence electrons. The van der Waals surface area contributed by atoms with E-state index in [-0.39, 0.29) is 49.0 Å². The van der Waals surface area contributed by atoms with Gasteiger partial charge in [-0.1, -0.05) is 0 Å². The van der Waals surface area contributed by atoms with Gasteiger partial charge in [-0.3, -0.25) is 0 Å². The number of hydrogen-bond donors (Lipinski definition) is 6. The summed E-state index contributed by atoms with van der Waals surface area (Å²) in [6.45, 7) is -1.56. The Morgan fingerprint density at radius 1 is 0.640 bits per heavy atom. The van der Waals surface area contributed by atoms with Crippen molar-refractivity contribution in [2.24, 2.45) is 22.9 Å². The van der Waals surface area contributed by atoms with Crippen LogP contribution in [0.4, 0.5) is 0 Å². The average Bonchev–Trinajstić information content (AvgIpc) is 2.49. The van der Waals surface area contributed by atoms with Gasteiger partial charge in [0.15, 0.2) is 0 Å². The van der Waals surface area contributed by atoms with Crippen LogP contribution in [0.25, 0.3) is 0 Å². The molecule has 0 heterocycles. The second-order valence-electron chi connectivity index (χ2n) is 2.42. The summed E-state index contributed by atoms with van der Waals surface area (Å²) in [5.74, 6) is -4.87. The predicted molar refractivity (Wildman–Crippen MR) is 75.8 cm³/mol. The minimum atomic E-state index is -1.25. The van der Waals surface area contributed by atoms with E-state index in [0.717, 1.165) is 0 Å². The molecule has 0 rings (SSSR count). The maximum absolute atomic E-state index is 9.13. The third kappa shape index (κ3) is 218. The van der Waals surface area contributed by atoms with Crippen LogP contribution >= 0.6 is 0 Å². The van der Waals surface area contributed by atoms with Crippen LogP contribution in [0, 0.1) is 0 Å². The van der Waals surface area contributed by atoms with E-state index >= 15 is 0 Å². The Balaban J connectivity index is -0.0000000321. The van der Waals surface area contributed by atoms with Crippen LogP contribution < -0.4 is 43.4 Å². The van der Waals surface area contributed by atoms with Crippen LogP contribution in [-0.2, 0) is 19.2 Å². The molecule has 0 amide bonds. The Labute approximate surface area is 160 Å². The molecule has 15 nitrogen and oxygen atoms in total. The summed E-state index contributed by atoms with van der Waals surface area (Å²) in [5.41, 5.74) is 18.0. The molecule has 0 aliphatic carbocycles. The first-order valence-electron chi connectivity index (χ1n) is 5.20. The van der Waals surface area contributed by atoms with Crippen LogP contribution in [0.3, 0.4) is 0 Å². The van der Waals surface area contributed by atoms with Crippen molar-refractivity contribution in [3.05, 3.63) is 0 Å². The van der Waals surface area contributed by atoms with Crippen molar-refractivity contribution in [3.63, 3.8) is 0 Å². The Morgan fingerprint density at radius 3 is 0.680 bits per heavy atom. The van der Waals surface area contributed by atoms with Gasteiger partial charge in [0.05, 0.1) is 23.9 Å². The Hall–Kier alpha value is -1.34. The van der Waals surface area contributed by atoms with Crippen LogP contribution in [0.1, 0.15) is 0 Å². The summed E-state index contributed by atoms with van der Waals surface area (Å²) in [4.78, 5) is 36.5. The van der Waals surface area contributed by atoms with Gasteiger partial charge >= 0.3 is 41.6 Å². The first kappa shape index (κ1) is 43.8. The summed E-state index contributed by atoms with van der Waals surface area (Å²) >= 11 is -1.25. The second-order valence-corrected chi connectivity index (χ2v) is 2.65. The first-order chi connectivity index (χ1) is 10.5. The molecule has 12 N–H and O–H groups in total. The molecule has 0 bridgehead atoms. The number of carbonyl (C=O) groups is 4. The van der Waals surface area contributed by atoms with E-state index in [9.17, 15) is 0 Å². The molecular weight excluding hydrogens is 382 g/mol. The monoisotopic (exact) mass is 402 g/mol. The molecule has 0 aliphatic rings. The molecule has 0 atom stereocenters. The average molecular weight is 402 g/mol. The van der Waals surface area contributed by atoms with E-state index in [1.807, 2.05) is 0 Å². The number of carboxylic acid groups (broad SMARTS) is 4. The summed E-state index contributed by atoms with van der Waals surface area (Å²) in [6, 6.07) is 0. The number of nitrogens with two attached hydrogens (primary N) is 4. The van der Waals surface area contributed by atoms with Crippen LogP contribution in [0.5, 0.6) is 0 Å². The van der Waals surface area contributed by atoms with E-state index in [0.29, 0.717) is 0 Å². The van der Waals surface area contributed by atoms with Crippen molar-refractivity contribution >= 4 is 57.1 Å². The van der Waals surface area contributed by atoms with Crippen LogP contribution in [-0.4, -0.2) is 97.1 Å². The zero-order valence-corrected chi connectivity index (χ0v) is 15.3. The summed E-state index contributed by atoms with van der Waals surface area (Å²) in [7, 11) is 0. The van der Waals surface area contributed by atoms with E-state index in [1.54, 1.807) is 0 Å². The molecule has 0 saturated carbocycles. The van der Waals surface area contributed by atoms with E-state index < -0.39 is 39.8 Å². The second kappa shape index (κ2) is 43.4. The zero-order valence-electron chi connectivity index (χ0n) is 13.0. The summed E-state index contributed by atoms with van der Waals surface area (Å²) < 4.78 is 14.4.